The maximum absolute atomic E-state index is 14.1. The zero-order valence-corrected chi connectivity index (χ0v) is 12.5. The van der Waals surface area contributed by atoms with E-state index in [-0.39, 0.29) is 5.56 Å². The van der Waals surface area contributed by atoms with Crippen LogP contribution in [0.5, 0.6) is 0 Å². The maximum atomic E-state index is 14.1. The molecule has 0 atom stereocenters. The van der Waals surface area contributed by atoms with Crippen LogP contribution < -0.4 is 11.1 Å². The van der Waals surface area contributed by atoms with Gasteiger partial charge in [0.1, 0.15) is 5.82 Å². The first-order valence-corrected chi connectivity index (χ1v) is 7.03. The Morgan fingerprint density at radius 2 is 2.05 bits per heavy atom. The summed E-state index contributed by atoms with van der Waals surface area (Å²) >= 11 is 0. The predicted octanol–water partition coefficient (Wildman–Crippen LogP) is 3.22. The standard InChI is InChI=1S/C18H19FN2O/c1-3-6-21-18(22)16-5-4-13(11-17(16)19)9-14-7-12(2)8-15(20)10-14/h3-5,7-8,10-11H,1,6,9,20H2,2H3,(H,21,22). The lowest BCUT2D eigenvalue weighted by atomic mass is 10.0. The fourth-order valence-corrected chi connectivity index (χ4v) is 2.34. The number of nitrogens with two attached hydrogens (primary N) is 1. The molecule has 0 bridgehead atoms. The molecule has 0 aliphatic heterocycles. The van der Waals surface area contributed by atoms with Gasteiger partial charge in [0.15, 0.2) is 0 Å². The van der Waals surface area contributed by atoms with Gasteiger partial charge < -0.3 is 11.1 Å². The molecule has 22 heavy (non-hydrogen) atoms. The first-order chi connectivity index (χ1) is 10.5. The highest BCUT2D eigenvalue weighted by molar-refractivity contribution is 5.94. The number of hydrogen-bond acceptors (Lipinski definition) is 2. The van der Waals surface area contributed by atoms with Gasteiger partial charge in [-0.25, -0.2) is 4.39 Å². The first kappa shape index (κ1) is 15.8. The van der Waals surface area contributed by atoms with Crippen molar-refractivity contribution in [3.05, 3.63) is 77.1 Å². The molecule has 0 fully saturated rings. The summed E-state index contributed by atoms with van der Waals surface area (Å²) < 4.78 is 14.1. The summed E-state index contributed by atoms with van der Waals surface area (Å²) in [6.45, 7) is 5.78. The smallest absolute Gasteiger partial charge is 0.254 e. The lowest BCUT2D eigenvalue weighted by Gasteiger charge is -2.08. The summed E-state index contributed by atoms with van der Waals surface area (Å²) in [7, 11) is 0. The van der Waals surface area contributed by atoms with E-state index in [1.807, 2.05) is 25.1 Å². The Balaban J connectivity index is 2.18. The third-order valence-electron chi connectivity index (χ3n) is 3.25. The predicted molar refractivity (Wildman–Crippen MR) is 87.3 cm³/mol. The zero-order chi connectivity index (χ0) is 16.1. The summed E-state index contributed by atoms with van der Waals surface area (Å²) in [6.07, 6.45) is 2.11. The van der Waals surface area contributed by atoms with E-state index in [1.165, 1.54) is 12.1 Å². The first-order valence-electron chi connectivity index (χ1n) is 7.03. The van der Waals surface area contributed by atoms with E-state index < -0.39 is 11.7 Å². The van der Waals surface area contributed by atoms with Crippen LogP contribution in [0.2, 0.25) is 0 Å². The van der Waals surface area contributed by atoms with Crippen molar-refractivity contribution < 1.29 is 9.18 Å². The van der Waals surface area contributed by atoms with Crippen molar-refractivity contribution in [2.24, 2.45) is 0 Å². The molecule has 0 aromatic heterocycles. The van der Waals surface area contributed by atoms with Crippen molar-refractivity contribution >= 4 is 11.6 Å². The molecule has 0 heterocycles. The molecule has 4 heteroatoms. The van der Waals surface area contributed by atoms with Gasteiger partial charge >= 0.3 is 0 Å². The molecule has 0 unspecified atom stereocenters. The number of amides is 1. The van der Waals surface area contributed by atoms with Crippen molar-refractivity contribution in [2.75, 3.05) is 12.3 Å². The fraction of sp³-hybridized carbons (Fsp3) is 0.167. The summed E-state index contributed by atoms with van der Waals surface area (Å²) in [6, 6.07) is 10.4. The van der Waals surface area contributed by atoms with Crippen LogP contribution in [0, 0.1) is 12.7 Å². The van der Waals surface area contributed by atoms with Gasteiger partial charge in [-0.1, -0.05) is 18.2 Å². The lowest BCUT2D eigenvalue weighted by Crippen LogP contribution is -2.24. The Hall–Kier alpha value is -2.62. The van der Waals surface area contributed by atoms with E-state index in [2.05, 4.69) is 11.9 Å². The normalized spacial score (nSPS) is 10.3. The number of halogens is 1. The summed E-state index contributed by atoms with van der Waals surface area (Å²) in [5, 5.41) is 2.56. The summed E-state index contributed by atoms with van der Waals surface area (Å²) in [5.74, 6) is -0.969. The minimum absolute atomic E-state index is 0.0364. The van der Waals surface area contributed by atoms with Crippen LogP contribution >= 0.6 is 0 Å². The van der Waals surface area contributed by atoms with E-state index in [0.29, 0.717) is 18.7 Å². The Morgan fingerprint density at radius 3 is 2.68 bits per heavy atom. The molecular weight excluding hydrogens is 279 g/mol. The molecule has 2 aromatic rings. The van der Waals surface area contributed by atoms with Gasteiger partial charge in [0.25, 0.3) is 5.91 Å². The third kappa shape index (κ3) is 3.95. The minimum Gasteiger partial charge on any atom is -0.399 e. The zero-order valence-electron chi connectivity index (χ0n) is 12.5. The number of carbonyl (C=O) groups excluding carboxylic acids is 1. The number of nitrogens with one attached hydrogen (secondary N) is 1. The van der Waals surface area contributed by atoms with Crippen molar-refractivity contribution in [1.82, 2.24) is 5.32 Å². The molecule has 0 aliphatic rings. The van der Waals surface area contributed by atoms with Crippen LogP contribution in [0.4, 0.5) is 10.1 Å². The second-order valence-corrected chi connectivity index (χ2v) is 5.24. The highest BCUT2D eigenvalue weighted by Crippen LogP contribution is 2.17. The minimum atomic E-state index is -0.528. The SMILES string of the molecule is C=CCNC(=O)c1ccc(Cc2cc(C)cc(N)c2)cc1F. The molecule has 0 spiro atoms. The molecule has 0 saturated carbocycles. The van der Waals surface area contributed by atoms with E-state index in [1.54, 1.807) is 12.1 Å². The molecule has 1 amide bonds. The van der Waals surface area contributed by atoms with E-state index >= 15 is 0 Å². The second kappa shape index (κ2) is 6.89. The monoisotopic (exact) mass is 298 g/mol. The second-order valence-electron chi connectivity index (χ2n) is 5.24. The Morgan fingerprint density at radius 1 is 1.27 bits per heavy atom. The fourth-order valence-electron chi connectivity index (χ4n) is 2.34. The van der Waals surface area contributed by atoms with Gasteiger partial charge in [-0.15, -0.1) is 6.58 Å². The molecule has 2 rings (SSSR count). The van der Waals surface area contributed by atoms with Gasteiger partial charge in [0.2, 0.25) is 0 Å². The molecule has 0 radical (unpaired) electrons. The molecule has 0 aliphatic carbocycles. The number of carbonyl (C=O) groups is 1. The van der Waals surface area contributed by atoms with Crippen LogP contribution in [-0.4, -0.2) is 12.5 Å². The topological polar surface area (TPSA) is 55.1 Å². The van der Waals surface area contributed by atoms with Gasteiger partial charge in [-0.05, 0) is 54.3 Å². The average molecular weight is 298 g/mol. The van der Waals surface area contributed by atoms with Crippen LogP contribution in [0.1, 0.15) is 27.0 Å². The maximum Gasteiger partial charge on any atom is 0.254 e. The molecule has 0 saturated heterocycles. The van der Waals surface area contributed by atoms with Gasteiger partial charge in [-0.2, -0.15) is 0 Å². The van der Waals surface area contributed by atoms with Crippen LogP contribution in [0.3, 0.4) is 0 Å². The third-order valence-corrected chi connectivity index (χ3v) is 3.25. The number of nitrogen functional groups attached to an aromatic ring is 1. The van der Waals surface area contributed by atoms with Gasteiger partial charge in [-0.3, -0.25) is 4.79 Å². The molecule has 3 N–H and O–H groups in total. The van der Waals surface area contributed by atoms with Crippen molar-refractivity contribution in [3.63, 3.8) is 0 Å². The number of benzene rings is 2. The Bertz CT molecular complexity index is 690. The Kier molecular flexibility index (Phi) is 4.94. The van der Waals surface area contributed by atoms with Gasteiger partial charge in [0.05, 0.1) is 5.56 Å². The van der Waals surface area contributed by atoms with Crippen molar-refractivity contribution in [3.8, 4) is 0 Å². The Labute approximate surface area is 129 Å². The summed E-state index contributed by atoms with van der Waals surface area (Å²) in [4.78, 5) is 11.8. The van der Waals surface area contributed by atoms with Crippen LogP contribution in [0.25, 0.3) is 0 Å². The number of aryl methyl sites for hydroxylation is 1. The molecule has 2 aromatic carbocycles. The van der Waals surface area contributed by atoms with E-state index in [0.717, 1.165) is 16.7 Å². The van der Waals surface area contributed by atoms with Crippen molar-refractivity contribution in [1.29, 1.82) is 0 Å². The largest absolute Gasteiger partial charge is 0.399 e. The van der Waals surface area contributed by atoms with Crippen LogP contribution in [-0.2, 0) is 6.42 Å². The van der Waals surface area contributed by atoms with Crippen LogP contribution in [0.15, 0.2) is 49.1 Å². The number of hydrogen-bond donors (Lipinski definition) is 2. The number of anilines is 1. The van der Waals surface area contributed by atoms with E-state index in [9.17, 15) is 9.18 Å². The van der Waals surface area contributed by atoms with Gasteiger partial charge in [0, 0.05) is 12.2 Å². The summed E-state index contributed by atoms with van der Waals surface area (Å²) in [5.41, 5.74) is 9.42. The van der Waals surface area contributed by atoms with E-state index in [4.69, 9.17) is 5.73 Å². The molecule has 3 nitrogen and oxygen atoms in total. The number of rotatable bonds is 5. The highest BCUT2D eigenvalue weighted by Gasteiger charge is 2.11. The lowest BCUT2D eigenvalue weighted by molar-refractivity contribution is 0.0954. The highest BCUT2D eigenvalue weighted by atomic mass is 19.1. The molecular formula is C18H19FN2O. The average Bonchev–Trinajstić information content (AvgIpc) is 2.43. The molecule has 114 valence electrons. The van der Waals surface area contributed by atoms with Crippen molar-refractivity contribution in [2.45, 2.75) is 13.3 Å². The quantitative estimate of drug-likeness (QED) is 0.658.